The third-order valence-corrected chi connectivity index (χ3v) is 7.82. The van der Waals surface area contributed by atoms with E-state index in [9.17, 15) is 19.5 Å². The molecule has 0 aliphatic carbocycles. The lowest BCUT2D eigenvalue weighted by molar-refractivity contribution is -0.143. The molecule has 2 amide bonds. The number of rotatable bonds is 12. The molecule has 3 fully saturated rings. The number of aliphatic hydroxyl groups is 1. The van der Waals surface area contributed by atoms with Gasteiger partial charge in [0.05, 0.1) is 31.0 Å². The molecule has 230 valence electrons. The first kappa shape index (κ1) is 32.9. The second-order valence-electron chi connectivity index (χ2n) is 11.5. The van der Waals surface area contributed by atoms with Crippen molar-refractivity contribution in [3.05, 3.63) is 36.0 Å². The van der Waals surface area contributed by atoms with Crippen molar-refractivity contribution < 1.29 is 38.4 Å². The van der Waals surface area contributed by atoms with Crippen LogP contribution in [0.5, 0.6) is 0 Å². The number of esters is 1. The molecule has 0 saturated carbocycles. The molecule has 3 aliphatic rings. The topological polar surface area (TPSA) is 162 Å². The van der Waals surface area contributed by atoms with Crippen LogP contribution in [-0.4, -0.2) is 90.9 Å². The van der Waals surface area contributed by atoms with Crippen LogP contribution < -0.4 is 16.4 Å². The van der Waals surface area contributed by atoms with E-state index in [-0.39, 0.29) is 55.1 Å². The molecule has 0 bridgehead atoms. The van der Waals surface area contributed by atoms with Gasteiger partial charge in [0.25, 0.3) is 0 Å². The Balaban J connectivity index is 1.49. The molecule has 0 aromatic rings. The Kier molecular flexibility index (Phi) is 12.1. The van der Waals surface area contributed by atoms with Crippen molar-refractivity contribution in [3.63, 3.8) is 0 Å². The zero-order chi connectivity index (χ0) is 30.2. The first-order chi connectivity index (χ1) is 19.4. The number of ether oxygens (including phenoxy) is 4. The number of carbonyl (C=O) groups is 3. The highest BCUT2D eigenvalue weighted by molar-refractivity contribution is 5.87. The Bertz CT molecular complexity index is 1010. The van der Waals surface area contributed by atoms with Gasteiger partial charge < -0.3 is 40.4 Å². The van der Waals surface area contributed by atoms with Crippen LogP contribution >= 0.6 is 0 Å². The van der Waals surface area contributed by atoms with E-state index in [4.69, 9.17) is 24.7 Å². The van der Waals surface area contributed by atoms with Crippen LogP contribution in [0.15, 0.2) is 36.0 Å². The maximum Gasteiger partial charge on any atom is 0.303 e. The van der Waals surface area contributed by atoms with Crippen molar-refractivity contribution in [2.24, 2.45) is 11.7 Å². The zero-order valence-corrected chi connectivity index (χ0v) is 24.8. The highest BCUT2D eigenvalue weighted by Crippen LogP contribution is 2.42. The maximum atomic E-state index is 12.4. The van der Waals surface area contributed by atoms with Crippen LogP contribution in [0.25, 0.3) is 0 Å². The SMILES string of the molecule is CC(=O)O[C@@H](C)C=CC(=O)N[C@@H]1C[C@H](C)[C@H](CC=C(C)C=C[C@H]2O[C@H](CNC(=O)CCN)C[C@@]3(CO3)[C@@H]2O)O[C@@H]1C. The molecule has 3 aliphatic heterocycles. The fourth-order valence-corrected chi connectivity index (χ4v) is 5.33. The second kappa shape index (κ2) is 15.1. The van der Waals surface area contributed by atoms with Crippen LogP contribution in [0.2, 0.25) is 0 Å². The van der Waals surface area contributed by atoms with Gasteiger partial charge >= 0.3 is 5.97 Å². The molecule has 1 spiro atoms. The first-order valence-corrected chi connectivity index (χ1v) is 14.5. The average Bonchev–Trinajstić information content (AvgIpc) is 3.68. The van der Waals surface area contributed by atoms with Gasteiger partial charge in [0.1, 0.15) is 23.9 Å². The van der Waals surface area contributed by atoms with Gasteiger partial charge in [0, 0.05) is 38.9 Å². The van der Waals surface area contributed by atoms with Gasteiger partial charge in [-0.1, -0.05) is 30.7 Å². The van der Waals surface area contributed by atoms with Crippen molar-refractivity contribution in [2.75, 3.05) is 19.7 Å². The van der Waals surface area contributed by atoms with Gasteiger partial charge in [-0.3, -0.25) is 14.4 Å². The summed E-state index contributed by atoms with van der Waals surface area (Å²) in [6.45, 7) is 10.2. The van der Waals surface area contributed by atoms with Crippen molar-refractivity contribution in [2.45, 2.75) is 109 Å². The molecular weight excluding hydrogens is 530 g/mol. The molecule has 11 nitrogen and oxygen atoms in total. The second-order valence-corrected chi connectivity index (χ2v) is 11.5. The van der Waals surface area contributed by atoms with Gasteiger partial charge in [-0.05, 0) is 45.6 Å². The van der Waals surface area contributed by atoms with Gasteiger partial charge in [0.15, 0.2) is 0 Å². The highest BCUT2D eigenvalue weighted by Gasteiger charge is 2.58. The Morgan fingerprint density at radius 1 is 1.20 bits per heavy atom. The van der Waals surface area contributed by atoms with E-state index in [1.165, 1.54) is 13.0 Å². The number of carbonyl (C=O) groups excluding carboxylic acids is 3. The maximum absolute atomic E-state index is 12.4. The van der Waals surface area contributed by atoms with Crippen molar-refractivity contribution in [1.82, 2.24) is 10.6 Å². The molecule has 5 N–H and O–H groups in total. The van der Waals surface area contributed by atoms with Crippen LogP contribution in [0.4, 0.5) is 0 Å². The van der Waals surface area contributed by atoms with E-state index in [0.717, 1.165) is 12.0 Å². The molecule has 0 aromatic heterocycles. The number of amides is 2. The molecule has 0 radical (unpaired) electrons. The predicted molar refractivity (Wildman–Crippen MR) is 153 cm³/mol. The molecule has 41 heavy (non-hydrogen) atoms. The Hall–Kier alpha value is -2.57. The number of aliphatic hydroxyl groups excluding tert-OH is 1. The molecule has 0 unspecified atom stereocenters. The van der Waals surface area contributed by atoms with Gasteiger partial charge in [0.2, 0.25) is 11.8 Å². The Morgan fingerprint density at radius 3 is 2.59 bits per heavy atom. The molecule has 3 heterocycles. The van der Waals surface area contributed by atoms with Gasteiger partial charge in [-0.15, -0.1) is 0 Å². The van der Waals surface area contributed by atoms with Crippen molar-refractivity contribution in [1.29, 1.82) is 0 Å². The van der Waals surface area contributed by atoms with E-state index in [1.54, 1.807) is 13.0 Å². The molecule has 3 rings (SSSR count). The first-order valence-electron chi connectivity index (χ1n) is 14.5. The number of hydrogen-bond acceptors (Lipinski definition) is 9. The monoisotopic (exact) mass is 577 g/mol. The average molecular weight is 578 g/mol. The summed E-state index contributed by atoms with van der Waals surface area (Å²) >= 11 is 0. The summed E-state index contributed by atoms with van der Waals surface area (Å²) in [5.74, 6) is -0.545. The lowest BCUT2D eigenvalue weighted by Gasteiger charge is -2.39. The quantitative estimate of drug-likeness (QED) is 0.116. The summed E-state index contributed by atoms with van der Waals surface area (Å²) < 4.78 is 23.0. The van der Waals surface area contributed by atoms with E-state index >= 15 is 0 Å². The Morgan fingerprint density at radius 2 is 1.93 bits per heavy atom. The van der Waals surface area contributed by atoms with E-state index in [0.29, 0.717) is 26.0 Å². The molecule has 3 saturated heterocycles. The van der Waals surface area contributed by atoms with Crippen molar-refractivity contribution in [3.8, 4) is 0 Å². The van der Waals surface area contributed by atoms with Crippen LogP contribution in [-0.2, 0) is 33.3 Å². The smallest absolute Gasteiger partial charge is 0.303 e. The fourth-order valence-electron chi connectivity index (χ4n) is 5.33. The van der Waals surface area contributed by atoms with E-state index < -0.39 is 29.9 Å². The highest BCUT2D eigenvalue weighted by atomic mass is 16.6. The third-order valence-electron chi connectivity index (χ3n) is 7.82. The normalized spacial score (nSPS) is 34.5. The standard InChI is InChI=1S/C30H47N3O8/c1-18(7-10-26-29(37)30(17-38-30)15-23(41-26)16-32-27(35)12-13-31)6-9-25-19(2)14-24(21(4)40-25)33-28(36)11-8-20(3)39-22(5)34/h6-8,10-11,19-21,23-26,29,37H,9,12-17,31H2,1-5H3,(H,32,35)(H,33,36)/t19-,20-,21+,23-,24+,25-,26+,29+,30+/m0/s1. The third kappa shape index (κ3) is 10.0. The number of epoxide rings is 1. The summed E-state index contributed by atoms with van der Waals surface area (Å²) in [5.41, 5.74) is 5.84. The summed E-state index contributed by atoms with van der Waals surface area (Å²) in [7, 11) is 0. The van der Waals surface area contributed by atoms with E-state index in [1.807, 2.05) is 26.0 Å². The lowest BCUT2D eigenvalue weighted by atomic mass is 9.87. The number of hydrogen-bond donors (Lipinski definition) is 4. The molecule has 9 atom stereocenters. The lowest BCUT2D eigenvalue weighted by Crippen LogP contribution is -2.52. The number of nitrogens with one attached hydrogen (secondary N) is 2. The number of nitrogens with two attached hydrogens (primary N) is 1. The minimum absolute atomic E-state index is 0.00204. The summed E-state index contributed by atoms with van der Waals surface area (Å²) in [6.07, 6.45) is 8.87. The predicted octanol–water partition coefficient (Wildman–Crippen LogP) is 1.44. The van der Waals surface area contributed by atoms with Crippen molar-refractivity contribution >= 4 is 17.8 Å². The molecular formula is C30H47N3O8. The summed E-state index contributed by atoms with van der Waals surface area (Å²) in [4.78, 5) is 35.2. The number of allylic oxidation sites excluding steroid dienone is 2. The minimum atomic E-state index is -0.781. The van der Waals surface area contributed by atoms with E-state index in [2.05, 4.69) is 23.6 Å². The van der Waals surface area contributed by atoms with Crippen LogP contribution in [0.1, 0.15) is 60.3 Å². The zero-order valence-electron chi connectivity index (χ0n) is 24.8. The Labute approximate surface area is 242 Å². The largest absolute Gasteiger partial charge is 0.459 e. The minimum Gasteiger partial charge on any atom is -0.459 e. The van der Waals surface area contributed by atoms with Crippen LogP contribution in [0, 0.1) is 5.92 Å². The summed E-state index contributed by atoms with van der Waals surface area (Å²) in [5, 5.41) is 16.7. The van der Waals surface area contributed by atoms with Gasteiger partial charge in [-0.2, -0.15) is 0 Å². The fraction of sp³-hybridized carbons (Fsp3) is 0.700. The van der Waals surface area contributed by atoms with Crippen LogP contribution in [0.3, 0.4) is 0 Å². The summed E-state index contributed by atoms with van der Waals surface area (Å²) in [6, 6.07) is -0.123. The molecule has 0 aromatic carbocycles. The van der Waals surface area contributed by atoms with Gasteiger partial charge in [-0.25, -0.2) is 0 Å². The molecule has 11 heteroatoms.